The van der Waals surface area contributed by atoms with Crippen LogP contribution in [0.25, 0.3) is 0 Å². The molecule has 4 nitrogen and oxygen atoms in total. The van der Waals surface area contributed by atoms with Gasteiger partial charge in [0.15, 0.2) is 5.82 Å². The maximum Gasteiger partial charge on any atom is 0.230 e. The van der Waals surface area contributed by atoms with Crippen LogP contribution in [0.15, 0.2) is 4.52 Å². The maximum atomic E-state index is 6.46. The molecule has 2 N–H and O–H groups in total. The van der Waals surface area contributed by atoms with Crippen LogP contribution in [-0.2, 0) is 5.54 Å². The first-order valence-corrected chi connectivity index (χ1v) is 6.82. The van der Waals surface area contributed by atoms with Gasteiger partial charge in [-0.15, -0.1) is 0 Å². The van der Waals surface area contributed by atoms with Crippen molar-refractivity contribution in [3.63, 3.8) is 0 Å². The van der Waals surface area contributed by atoms with Gasteiger partial charge in [-0.25, -0.2) is 0 Å². The number of hydrogen-bond acceptors (Lipinski definition) is 4. The topological polar surface area (TPSA) is 64.9 Å². The van der Waals surface area contributed by atoms with Gasteiger partial charge in [-0.2, -0.15) is 4.98 Å². The molecule has 2 fully saturated rings. The van der Waals surface area contributed by atoms with Crippen LogP contribution in [0, 0.1) is 5.92 Å². The summed E-state index contributed by atoms with van der Waals surface area (Å²) in [5.41, 5.74) is 6.13. The van der Waals surface area contributed by atoms with E-state index < -0.39 is 0 Å². The summed E-state index contributed by atoms with van der Waals surface area (Å²) in [6, 6.07) is 0. The molecular formula is C13H21N3O. The van der Waals surface area contributed by atoms with Crippen molar-refractivity contribution in [3.05, 3.63) is 11.7 Å². The third-order valence-electron chi connectivity index (χ3n) is 4.31. The third-order valence-corrected chi connectivity index (χ3v) is 4.31. The van der Waals surface area contributed by atoms with Crippen molar-refractivity contribution in [2.75, 3.05) is 0 Å². The van der Waals surface area contributed by atoms with Crippen LogP contribution in [-0.4, -0.2) is 10.1 Å². The Bertz CT molecular complexity index is 393. The fourth-order valence-corrected chi connectivity index (χ4v) is 2.84. The molecule has 2 unspecified atom stereocenters. The smallest absolute Gasteiger partial charge is 0.230 e. The molecule has 0 spiro atoms. The second-order valence-corrected chi connectivity index (χ2v) is 5.85. The van der Waals surface area contributed by atoms with Gasteiger partial charge in [-0.05, 0) is 25.2 Å². The van der Waals surface area contributed by atoms with Crippen LogP contribution in [0.5, 0.6) is 0 Å². The largest absolute Gasteiger partial charge is 0.339 e. The molecule has 2 aliphatic rings. The molecule has 0 saturated heterocycles. The van der Waals surface area contributed by atoms with Gasteiger partial charge in [-0.3, -0.25) is 0 Å². The molecule has 2 saturated carbocycles. The second kappa shape index (κ2) is 4.09. The van der Waals surface area contributed by atoms with Crippen molar-refractivity contribution in [1.29, 1.82) is 0 Å². The van der Waals surface area contributed by atoms with E-state index >= 15 is 0 Å². The molecule has 0 amide bonds. The van der Waals surface area contributed by atoms with E-state index in [9.17, 15) is 0 Å². The van der Waals surface area contributed by atoms with Crippen LogP contribution in [0.4, 0.5) is 0 Å². The minimum Gasteiger partial charge on any atom is -0.339 e. The van der Waals surface area contributed by atoms with Crippen LogP contribution in [0.1, 0.15) is 69.5 Å². The monoisotopic (exact) mass is 235 g/mol. The van der Waals surface area contributed by atoms with Gasteiger partial charge in [0.25, 0.3) is 0 Å². The number of hydrogen-bond donors (Lipinski definition) is 1. The lowest BCUT2D eigenvalue weighted by Crippen LogP contribution is -2.37. The van der Waals surface area contributed by atoms with E-state index in [1.807, 2.05) is 0 Å². The number of aromatic nitrogens is 2. The molecule has 1 aromatic rings. The van der Waals surface area contributed by atoms with E-state index in [1.54, 1.807) is 0 Å². The summed E-state index contributed by atoms with van der Waals surface area (Å²) in [6.07, 6.45) is 8.09. The average Bonchev–Trinajstić information content (AvgIpc) is 2.90. The van der Waals surface area contributed by atoms with Gasteiger partial charge in [0.1, 0.15) is 0 Å². The minimum absolute atomic E-state index is 0.337. The Labute approximate surface area is 102 Å². The van der Waals surface area contributed by atoms with Crippen LogP contribution in [0.3, 0.4) is 0 Å². The number of nitrogens with two attached hydrogens (primary N) is 1. The summed E-state index contributed by atoms with van der Waals surface area (Å²) in [5.74, 6) is 2.74. The van der Waals surface area contributed by atoms with Crippen molar-refractivity contribution < 1.29 is 4.52 Å². The highest BCUT2D eigenvalue weighted by Gasteiger charge is 2.41. The van der Waals surface area contributed by atoms with Crippen molar-refractivity contribution in [1.82, 2.24) is 10.1 Å². The molecule has 17 heavy (non-hydrogen) atoms. The van der Waals surface area contributed by atoms with E-state index in [2.05, 4.69) is 17.1 Å². The van der Waals surface area contributed by atoms with E-state index in [4.69, 9.17) is 10.3 Å². The highest BCUT2D eigenvalue weighted by atomic mass is 16.5. The van der Waals surface area contributed by atoms with Crippen molar-refractivity contribution in [2.24, 2.45) is 11.7 Å². The normalized spacial score (nSPS) is 32.1. The van der Waals surface area contributed by atoms with Gasteiger partial charge in [-0.1, -0.05) is 37.8 Å². The highest BCUT2D eigenvalue weighted by molar-refractivity contribution is 5.10. The first-order valence-electron chi connectivity index (χ1n) is 6.82. The molecule has 0 aliphatic heterocycles. The maximum absolute atomic E-state index is 6.46. The van der Waals surface area contributed by atoms with Gasteiger partial charge in [0, 0.05) is 5.92 Å². The zero-order valence-electron chi connectivity index (χ0n) is 10.5. The van der Waals surface area contributed by atoms with Crippen molar-refractivity contribution in [3.8, 4) is 0 Å². The van der Waals surface area contributed by atoms with E-state index in [-0.39, 0.29) is 5.54 Å². The molecule has 1 aromatic heterocycles. The Morgan fingerprint density at radius 2 is 1.88 bits per heavy atom. The highest BCUT2D eigenvalue weighted by Crippen LogP contribution is 2.46. The molecule has 4 heteroatoms. The Morgan fingerprint density at radius 3 is 2.47 bits per heavy atom. The Balaban J connectivity index is 1.79. The van der Waals surface area contributed by atoms with Gasteiger partial charge in [0.2, 0.25) is 5.89 Å². The lowest BCUT2D eigenvalue weighted by atomic mass is 9.91. The van der Waals surface area contributed by atoms with Crippen LogP contribution in [0.2, 0.25) is 0 Å². The fourth-order valence-electron chi connectivity index (χ4n) is 2.84. The van der Waals surface area contributed by atoms with Gasteiger partial charge >= 0.3 is 0 Å². The summed E-state index contributed by atoms with van der Waals surface area (Å²) < 4.78 is 5.38. The quantitative estimate of drug-likeness (QED) is 0.800. The minimum atomic E-state index is -0.337. The first-order chi connectivity index (χ1) is 8.19. The molecule has 0 aromatic carbocycles. The fraction of sp³-hybridized carbons (Fsp3) is 0.846. The molecule has 2 atom stereocenters. The molecule has 3 rings (SSSR count). The SMILES string of the molecule is CC1CC1c1nc(C2(N)CCCCCC2)no1. The summed E-state index contributed by atoms with van der Waals surface area (Å²) >= 11 is 0. The second-order valence-electron chi connectivity index (χ2n) is 5.85. The standard InChI is InChI=1S/C13H21N3O/c1-9-8-10(9)11-15-12(16-17-11)13(14)6-4-2-3-5-7-13/h9-10H,2-8,14H2,1H3. The zero-order chi connectivity index (χ0) is 11.9. The molecule has 2 aliphatic carbocycles. The third kappa shape index (κ3) is 2.10. The Kier molecular flexibility index (Phi) is 2.69. The van der Waals surface area contributed by atoms with Crippen molar-refractivity contribution >= 4 is 0 Å². The van der Waals surface area contributed by atoms with E-state index in [1.165, 1.54) is 32.1 Å². The molecular weight excluding hydrogens is 214 g/mol. The Hall–Kier alpha value is -0.900. The number of nitrogens with zero attached hydrogens (tertiary/aromatic N) is 2. The number of rotatable bonds is 2. The summed E-state index contributed by atoms with van der Waals surface area (Å²) in [4.78, 5) is 4.56. The predicted molar refractivity (Wildman–Crippen MR) is 64.4 cm³/mol. The predicted octanol–water partition coefficient (Wildman–Crippen LogP) is 2.70. The van der Waals surface area contributed by atoms with E-state index in [0.717, 1.165) is 24.6 Å². The first kappa shape index (κ1) is 11.2. The lowest BCUT2D eigenvalue weighted by Gasteiger charge is -2.23. The van der Waals surface area contributed by atoms with Crippen LogP contribution < -0.4 is 5.73 Å². The molecule has 0 radical (unpaired) electrons. The van der Waals surface area contributed by atoms with Crippen LogP contribution >= 0.6 is 0 Å². The Morgan fingerprint density at radius 1 is 1.24 bits per heavy atom. The van der Waals surface area contributed by atoms with E-state index in [0.29, 0.717) is 11.8 Å². The summed E-state index contributed by atoms with van der Waals surface area (Å²) in [6.45, 7) is 2.22. The zero-order valence-corrected chi connectivity index (χ0v) is 10.5. The lowest BCUT2D eigenvalue weighted by molar-refractivity contribution is 0.324. The van der Waals surface area contributed by atoms with Gasteiger partial charge < -0.3 is 10.3 Å². The molecule has 94 valence electrons. The average molecular weight is 235 g/mol. The molecule has 1 heterocycles. The summed E-state index contributed by atoms with van der Waals surface area (Å²) in [5, 5.41) is 4.14. The summed E-state index contributed by atoms with van der Waals surface area (Å²) in [7, 11) is 0. The molecule has 0 bridgehead atoms. The van der Waals surface area contributed by atoms with Crippen molar-refractivity contribution in [2.45, 2.75) is 63.3 Å². The van der Waals surface area contributed by atoms with Gasteiger partial charge in [0.05, 0.1) is 5.54 Å².